The molecule has 7 nitrogen and oxygen atoms in total. The van der Waals surface area contributed by atoms with E-state index in [0.717, 1.165) is 56.6 Å². The standard InChI is InChI=1S/C21H31N7.HI/c1-3-22-21(23-15-20-26-25-19-10-7-13-28(19)20)24-16(2)17-8-6-9-18(14-17)27-11-4-5-12-27;/h6,8-9,14,16H,3-5,7,10-13,15H2,1-2H3,(H2,22,23,24);1H. The SMILES string of the molecule is CCNC(=NCc1nnc2n1CCC2)NC(C)c1cccc(N2CCCC2)c1.I. The van der Waals surface area contributed by atoms with Gasteiger partial charge in [-0.2, -0.15) is 0 Å². The average Bonchev–Trinajstić information content (AvgIpc) is 3.45. The van der Waals surface area contributed by atoms with Crippen LogP contribution in [0.15, 0.2) is 29.3 Å². The summed E-state index contributed by atoms with van der Waals surface area (Å²) in [7, 11) is 0. The zero-order chi connectivity index (χ0) is 19.3. The molecule has 0 spiro atoms. The molecule has 8 heteroatoms. The number of aliphatic imine (C=N–C) groups is 1. The predicted molar refractivity (Wildman–Crippen MR) is 128 cm³/mol. The summed E-state index contributed by atoms with van der Waals surface area (Å²) in [6.07, 6.45) is 4.77. The molecule has 1 aromatic heterocycles. The number of halogens is 1. The number of aromatic nitrogens is 3. The summed E-state index contributed by atoms with van der Waals surface area (Å²) >= 11 is 0. The molecule has 158 valence electrons. The second-order valence-corrected chi connectivity index (χ2v) is 7.64. The van der Waals surface area contributed by atoms with Crippen LogP contribution < -0.4 is 15.5 Å². The number of hydrogen-bond donors (Lipinski definition) is 2. The van der Waals surface area contributed by atoms with E-state index < -0.39 is 0 Å². The van der Waals surface area contributed by atoms with Gasteiger partial charge in [0, 0.05) is 38.3 Å². The third-order valence-corrected chi connectivity index (χ3v) is 5.60. The first-order valence-corrected chi connectivity index (χ1v) is 10.6. The van der Waals surface area contributed by atoms with E-state index >= 15 is 0 Å². The van der Waals surface area contributed by atoms with Gasteiger partial charge in [0.15, 0.2) is 11.8 Å². The van der Waals surface area contributed by atoms with Gasteiger partial charge in [-0.25, -0.2) is 4.99 Å². The molecule has 0 radical (unpaired) electrons. The number of nitrogens with one attached hydrogen (secondary N) is 2. The zero-order valence-corrected chi connectivity index (χ0v) is 19.7. The number of rotatable bonds is 6. The molecule has 3 heterocycles. The smallest absolute Gasteiger partial charge is 0.192 e. The van der Waals surface area contributed by atoms with Gasteiger partial charge < -0.3 is 20.1 Å². The molecule has 1 aromatic carbocycles. The van der Waals surface area contributed by atoms with Gasteiger partial charge in [-0.3, -0.25) is 0 Å². The summed E-state index contributed by atoms with van der Waals surface area (Å²) in [5.41, 5.74) is 2.60. The van der Waals surface area contributed by atoms with E-state index in [2.05, 4.69) is 68.4 Å². The normalized spacial score (nSPS) is 17.0. The number of anilines is 1. The Morgan fingerprint density at radius 2 is 2.00 bits per heavy atom. The van der Waals surface area contributed by atoms with Gasteiger partial charge in [-0.15, -0.1) is 34.2 Å². The second-order valence-electron chi connectivity index (χ2n) is 7.64. The number of aryl methyl sites for hydroxylation is 1. The summed E-state index contributed by atoms with van der Waals surface area (Å²) in [5, 5.41) is 15.5. The molecule has 0 amide bonds. The lowest BCUT2D eigenvalue weighted by molar-refractivity contribution is 0.667. The Kier molecular flexibility index (Phi) is 7.74. The minimum absolute atomic E-state index is 0. The van der Waals surface area contributed by atoms with E-state index in [4.69, 9.17) is 4.99 Å². The van der Waals surface area contributed by atoms with Crippen molar-refractivity contribution in [3.8, 4) is 0 Å². The number of hydrogen-bond acceptors (Lipinski definition) is 4. The number of fused-ring (bicyclic) bond motifs is 1. The van der Waals surface area contributed by atoms with Gasteiger partial charge in [-0.1, -0.05) is 12.1 Å². The third kappa shape index (κ3) is 5.21. The number of guanidine groups is 1. The van der Waals surface area contributed by atoms with Gasteiger partial charge in [0.1, 0.15) is 12.4 Å². The topological polar surface area (TPSA) is 70.4 Å². The molecule has 0 bridgehead atoms. The largest absolute Gasteiger partial charge is 0.372 e. The van der Waals surface area contributed by atoms with Crippen LogP contribution in [0.5, 0.6) is 0 Å². The molecule has 2 N–H and O–H groups in total. The Hall–Kier alpha value is -1.84. The Bertz CT molecular complexity index is 826. The molecule has 2 aliphatic heterocycles. The predicted octanol–water partition coefficient (Wildman–Crippen LogP) is 3.26. The van der Waals surface area contributed by atoms with Crippen LogP contribution in [-0.2, 0) is 19.5 Å². The van der Waals surface area contributed by atoms with E-state index in [1.807, 2.05) is 0 Å². The first-order chi connectivity index (χ1) is 13.7. The van der Waals surface area contributed by atoms with Gasteiger partial charge in [-0.05, 0) is 50.8 Å². The van der Waals surface area contributed by atoms with Crippen LogP contribution in [0, 0.1) is 0 Å². The van der Waals surface area contributed by atoms with Crippen molar-refractivity contribution in [2.24, 2.45) is 4.99 Å². The van der Waals surface area contributed by atoms with E-state index in [0.29, 0.717) is 6.54 Å². The van der Waals surface area contributed by atoms with Gasteiger partial charge >= 0.3 is 0 Å². The van der Waals surface area contributed by atoms with Crippen molar-refractivity contribution in [1.29, 1.82) is 0 Å². The number of benzene rings is 1. The van der Waals surface area contributed by atoms with Crippen LogP contribution >= 0.6 is 24.0 Å². The van der Waals surface area contributed by atoms with E-state index in [-0.39, 0.29) is 30.0 Å². The first-order valence-electron chi connectivity index (χ1n) is 10.6. The summed E-state index contributed by atoms with van der Waals surface area (Å²) in [6, 6.07) is 9.03. The van der Waals surface area contributed by atoms with Crippen molar-refractivity contribution < 1.29 is 0 Å². The molecule has 1 atom stereocenters. The molecule has 1 unspecified atom stereocenters. The lowest BCUT2D eigenvalue weighted by Crippen LogP contribution is -2.38. The van der Waals surface area contributed by atoms with Crippen LogP contribution in [0.2, 0.25) is 0 Å². The molecule has 0 aliphatic carbocycles. The van der Waals surface area contributed by atoms with Gasteiger partial charge in [0.2, 0.25) is 0 Å². The first kappa shape index (κ1) is 21.9. The highest BCUT2D eigenvalue weighted by Gasteiger charge is 2.17. The molecule has 2 aliphatic rings. The van der Waals surface area contributed by atoms with Crippen molar-refractivity contribution in [3.05, 3.63) is 41.5 Å². The summed E-state index contributed by atoms with van der Waals surface area (Å²) in [6.45, 7) is 8.98. The lowest BCUT2D eigenvalue weighted by atomic mass is 10.1. The van der Waals surface area contributed by atoms with Crippen LogP contribution in [0.3, 0.4) is 0 Å². The fraction of sp³-hybridized carbons (Fsp3) is 0.571. The van der Waals surface area contributed by atoms with Crippen LogP contribution in [0.4, 0.5) is 5.69 Å². The molecule has 29 heavy (non-hydrogen) atoms. The Balaban J connectivity index is 0.00000240. The van der Waals surface area contributed by atoms with Gasteiger partial charge in [0.05, 0.1) is 6.04 Å². The minimum atomic E-state index is 0. The average molecular weight is 509 g/mol. The van der Waals surface area contributed by atoms with Crippen LogP contribution in [0.1, 0.15) is 56.4 Å². The molecule has 0 saturated carbocycles. The van der Waals surface area contributed by atoms with Crippen LogP contribution in [-0.4, -0.2) is 40.4 Å². The maximum absolute atomic E-state index is 4.76. The van der Waals surface area contributed by atoms with Crippen molar-refractivity contribution >= 4 is 35.6 Å². The highest BCUT2D eigenvalue weighted by molar-refractivity contribution is 14.0. The fourth-order valence-electron chi connectivity index (χ4n) is 4.05. The summed E-state index contributed by atoms with van der Waals surface area (Å²) in [5.74, 6) is 2.86. The quantitative estimate of drug-likeness (QED) is 0.356. The van der Waals surface area contributed by atoms with Crippen molar-refractivity contribution in [3.63, 3.8) is 0 Å². The molecule has 1 saturated heterocycles. The Labute approximate surface area is 190 Å². The summed E-state index contributed by atoms with van der Waals surface area (Å²) in [4.78, 5) is 7.23. The fourth-order valence-corrected chi connectivity index (χ4v) is 4.05. The molecule has 2 aromatic rings. The monoisotopic (exact) mass is 509 g/mol. The molecule has 1 fully saturated rings. The Morgan fingerprint density at radius 3 is 2.79 bits per heavy atom. The third-order valence-electron chi connectivity index (χ3n) is 5.60. The highest BCUT2D eigenvalue weighted by Crippen LogP contribution is 2.24. The zero-order valence-electron chi connectivity index (χ0n) is 17.4. The number of nitrogens with zero attached hydrogens (tertiary/aromatic N) is 5. The Morgan fingerprint density at radius 1 is 1.17 bits per heavy atom. The minimum Gasteiger partial charge on any atom is -0.372 e. The van der Waals surface area contributed by atoms with Crippen molar-refractivity contribution in [2.45, 2.75) is 58.7 Å². The van der Waals surface area contributed by atoms with Gasteiger partial charge in [0.25, 0.3) is 0 Å². The summed E-state index contributed by atoms with van der Waals surface area (Å²) < 4.78 is 2.20. The van der Waals surface area contributed by atoms with Crippen molar-refractivity contribution in [2.75, 3.05) is 24.5 Å². The second kappa shape index (κ2) is 10.3. The van der Waals surface area contributed by atoms with Crippen LogP contribution in [0.25, 0.3) is 0 Å². The van der Waals surface area contributed by atoms with E-state index in [1.54, 1.807) is 0 Å². The van der Waals surface area contributed by atoms with E-state index in [9.17, 15) is 0 Å². The molecular weight excluding hydrogens is 477 g/mol. The lowest BCUT2D eigenvalue weighted by Gasteiger charge is -2.22. The highest BCUT2D eigenvalue weighted by atomic mass is 127. The maximum Gasteiger partial charge on any atom is 0.192 e. The molecular formula is C21H32IN7. The maximum atomic E-state index is 4.76. The molecule has 4 rings (SSSR count). The van der Waals surface area contributed by atoms with Crippen molar-refractivity contribution in [1.82, 2.24) is 25.4 Å². The van der Waals surface area contributed by atoms with E-state index in [1.165, 1.54) is 24.1 Å².